The summed E-state index contributed by atoms with van der Waals surface area (Å²) in [5, 5.41) is 4.22. The predicted octanol–water partition coefficient (Wildman–Crippen LogP) is 2.92. The Bertz CT molecular complexity index is 961. The van der Waals surface area contributed by atoms with Gasteiger partial charge in [0.15, 0.2) is 5.82 Å². The fourth-order valence-electron chi connectivity index (χ4n) is 2.05. The largest absolute Gasteiger partial charge is 0.266 e. The lowest BCUT2D eigenvalue weighted by Gasteiger charge is -2.07. The zero-order valence-corrected chi connectivity index (χ0v) is 13.8. The van der Waals surface area contributed by atoms with Crippen molar-refractivity contribution in [2.75, 3.05) is 4.72 Å². The molecule has 0 aliphatic heterocycles. The van der Waals surface area contributed by atoms with E-state index in [1.54, 1.807) is 18.5 Å². The maximum Gasteiger partial charge on any atom is 0.266 e. The Hall–Kier alpha value is -2.45. The number of hydrogen-bond donors (Lipinski definition) is 1. The van der Waals surface area contributed by atoms with Crippen LogP contribution in [0.4, 0.5) is 10.2 Å². The van der Waals surface area contributed by atoms with Crippen molar-refractivity contribution in [3.8, 4) is 0 Å². The second-order valence-corrected chi connectivity index (χ2v) is 6.99. The SMILES string of the molecule is O=S(=O)(Nc1ccn(Cc2ccccn2)n1)c1ccc(Cl)cc1F. The van der Waals surface area contributed by atoms with E-state index in [1.807, 2.05) is 12.1 Å². The van der Waals surface area contributed by atoms with E-state index in [-0.39, 0.29) is 10.8 Å². The molecule has 0 atom stereocenters. The van der Waals surface area contributed by atoms with E-state index >= 15 is 0 Å². The van der Waals surface area contributed by atoms with Crippen molar-refractivity contribution in [2.45, 2.75) is 11.4 Å². The molecule has 0 aliphatic carbocycles. The Balaban J connectivity index is 1.78. The summed E-state index contributed by atoms with van der Waals surface area (Å²) in [5.74, 6) is -0.844. The molecule has 0 amide bonds. The highest BCUT2D eigenvalue weighted by molar-refractivity contribution is 7.92. The van der Waals surface area contributed by atoms with Gasteiger partial charge in [0.05, 0.1) is 12.2 Å². The number of rotatable bonds is 5. The quantitative estimate of drug-likeness (QED) is 0.753. The molecule has 3 aromatic rings. The van der Waals surface area contributed by atoms with Crippen LogP contribution in [0.25, 0.3) is 0 Å². The fourth-order valence-corrected chi connectivity index (χ4v) is 3.26. The van der Waals surface area contributed by atoms with E-state index < -0.39 is 20.7 Å². The van der Waals surface area contributed by atoms with Gasteiger partial charge in [0.2, 0.25) is 0 Å². The van der Waals surface area contributed by atoms with Crippen LogP contribution < -0.4 is 4.72 Å². The van der Waals surface area contributed by atoms with Crippen LogP contribution >= 0.6 is 11.6 Å². The minimum atomic E-state index is -4.10. The molecule has 0 spiro atoms. The summed E-state index contributed by atoms with van der Waals surface area (Å²) in [5.41, 5.74) is 0.777. The molecule has 124 valence electrons. The molecule has 24 heavy (non-hydrogen) atoms. The zero-order valence-electron chi connectivity index (χ0n) is 12.2. The lowest BCUT2D eigenvalue weighted by Crippen LogP contribution is -2.15. The first-order valence-electron chi connectivity index (χ1n) is 6.85. The second kappa shape index (κ2) is 6.58. The standard InChI is InChI=1S/C15H12ClFN4O2S/c16-11-4-5-14(13(17)9-11)24(22,23)20-15-6-8-21(19-15)10-12-3-1-2-7-18-12/h1-9H,10H2,(H,19,20). The van der Waals surface area contributed by atoms with Crippen molar-refractivity contribution >= 4 is 27.4 Å². The van der Waals surface area contributed by atoms with Gasteiger partial charge in [-0.15, -0.1) is 0 Å². The summed E-state index contributed by atoms with van der Waals surface area (Å²) in [6.07, 6.45) is 3.26. The van der Waals surface area contributed by atoms with Gasteiger partial charge in [-0.3, -0.25) is 14.4 Å². The molecule has 9 heteroatoms. The summed E-state index contributed by atoms with van der Waals surface area (Å²) < 4.78 is 42.1. The lowest BCUT2D eigenvalue weighted by molar-refractivity contribution is 0.570. The molecule has 0 radical (unpaired) electrons. The molecule has 0 unspecified atom stereocenters. The van der Waals surface area contributed by atoms with Crippen molar-refractivity contribution < 1.29 is 12.8 Å². The third-order valence-electron chi connectivity index (χ3n) is 3.11. The molecule has 2 aromatic heterocycles. The summed E-state index contributed by atoms with van der Waals surface area (Å²) >= 11 is 5.63. The predicted molar refractivity (Wildman–Crippen MR) is 87.8 cm³/mol. The smallest absolute Gasteiger partial charge is 0.265 e. The molecule has 0 saturated carbocycles. The number of pyridine rings is 1. The van der Waals surface area contributed by atoms with Gasteiger partial charge in [-0.1, -0.05) is 17.7 Å². The van der Waals surface area contributed by atoms with Crippen molar-refractivity contribution in [3.05, 3.63) is 71.4 Å². The maximum atomic E-state index is 13.8. The first-order chi connectivity index (χ1) is 11.4. The van der Waals surface area contributed by atoms with E-state index in [9.17, 15) is 12.8 Å². The summed E-state index contributed by atoms with van der Waals surface area (Å²) in [4.78, 5) is 3.67. The topological polar surface area (TPSA) is 76.9 Å². The van der Waals surface area contributed by atoms with Gasteiger partial charge in [-0.05, 0) is 30.3 Å². The Morgan fingerprint density at radius 3 is 2.75 bits per heavy atom. The summed E-state index contributed by atoms with van der Waals surface area (Å²) in [6.45, 7) is 0.387. The molecule has 0 aliphatic rings. The van der Waals surface area contributed by atoms with Crippen LogP contribution in [0.2, 0.25) is 5.02 Å². The first kappa shape index (κ1) is 16.4. The molecule has 6 nitrogen and oxygen atoms in total. The number of anilines is 1. The molecule has 2 heterocycles. The van der Waals surface area contributed by atoms with E-state index in [4.69, 9.17) is 11.6 Å². The Kier molecular flexibility index (Phi) is 4.50. The van der Waals surface area contributed by atoms with Crippen LogP contribution in [0.15, 0.2) is 59.8 Å². The average Bonchev–Trinajstić information content (AvgIpc) is 2.94. The van der Waals surface area contributed by atoms with Crippen LogP contribution in [0, 0.1) is 5.82 Å². The minimum absolute atomic E-state index is 0.0836. The number of sulfonamides is 1. The summed E-state index contributed by atoms with van der Waals surface area (Å²) in [7, 11) is -4.10. The number of nitrogens with zero attached hydrogens (tertiary/aromatic N) is 3. The Labute approximate surface area is 143 Å². The van der Waals surface area contributed by atoms with Gasteiger partial charge in [0.1, 0.15) is 10.7 Å². The van der Waals surface area contributed by atoms with E-state index in [0.29, 0.717) is 6.54 Å². The van der Waals surface area contributed by atoms with Crippen molar-refractivity contribution in [2.24, 2.45) is 0 Å². The minimum Gasteiger partial charge on any atom is -0.265 e. The maximum absolute atomic E-state index is 13.8. The van der Waals surface area contributed by atoms with Crippen LogP contribution in [0.5, 0.6) is 0 Å². The van der Waals surface area contributed by atoms with Crippen LogP contribution in [-0.4, -0.2) is 23.2 Å². The second-order valence-electron chi connectivity index (χ2n) is 4.90. The van der Waals surface area contributed by atoms with Crippen molar-refractivity contribution in [1.82, 2.24) is 14.8 Å². The number of nitrogens with one attached hydrogen (secondary N) is 1. The van der Waals surface area contributed by atoms with E-state index in [0.717, 1.165) is 17.8 Å². The molecule has 0 fully saturated rings. The molecule has 1 aromatic carbocycles. The number of halogens is 2. The number of hydrogen-bond acceptors (Lipinski definition) is 4. The average molecular weight is 367 g/mol. The molecule has 0 saturated heterocycles. The van der Waals surface area contributed by atoms with Crippen molar-refractivity contribution in [3.63, 3.8) is 0 Å². The van der Waals surface area contributed by atoms with E-state index in [1.165, 1.54) is 16.8 Å². The molecule has 1 N–H and O–H groups in total. The Morgan fingerprint density at radius 1 is 1.21 bits per heavy atom. The van der Waals surface area contributed by atoms with Crippen molar-refractivity contribution in [1.29, 1.82) is 0 Å². The highest BCUT2D eigenvalue weighted by atomic mass is 35.5. The van der Waals surface area contributed by atoms with Gasteiger partial charge in [-0.2, -0.15) is 5.10 Å². The third kappa shape index (κ3) is 3.72. The van der Waals surface area contributed by atoms with Gasteiger partial charge in [-0.25, -0.2) is 12.8 Å². The third-order valence-corrected chi connectivity index (χ3v) is 4.74. The number of benzene rings is 1. The van der Waals surface area contributed by atoms with Gasteiger partial charge < -0.3 is 0 Å². The molecular weight excluding hydrogens is 355 g/mol. The fraction of sp³-hybridized carbons (Fsp3) is 0.0667. The van der Waals surface area contributed by atoms with Gasteiger partial charge in [0, 0.05) is 23.5 Å². The lowest BCUT2D eigenvalue weighted by atomic mass is 10.3. The first-order valence-corrected chi connectivity index (χ1v) is 8.71. The molecule has 0 bridgehead atoms. The van der Waals surface area contributed by atoms with Crippen LogP contribution in [0.1, 0.15) is 5.69 Å². The number of aromatic nitrogens is 3. The molecular formula is C15H12ClFN4O2S. The zero-order chi connectivity index (χ0) is 17.2. The normalized spacial score (nSPS) is 11.4. The van der Waals surface area contributed by atoms with E-state index in [2.05, 4.69) is 14.8 Å². The van der Waals surface area contributed by atoms with Gasteiger partial charge >= 0.3 is 0 Å². The highest BCUT2D eigenvalue weighted by Crippen LogP contribution is 2.21. The highest BCUT2D eigenvalue weighted by Gasteiger charge is 2.20. The van der Waals surface area contributed by atoms with Gasteiger partial charge in [0.25, 0.3) is 10.0 Å². The molecule has 3 rings (SSSR count). The monoisotopic (exact) mass is 366 g/mol. The summed E-state index contributed by atoms with van der Waals surface area (Å²) in [6, 6.07) is 10.3. The van der Waals surface area contributed by atoms with Crippen LogP contribution in [-0.2, 0) is 16.6 Å². The van der Waals surface area contributed by atoms with Crippen LogP contribution in [0.3, 0.4) is 0 Å². The Morgan fingerprint density at radius 2 is 2.04 bits per heavy atom.